The van der Waals surface area contributed by atoms with E-state index in [0.717, 1.165) is 0 Å². The van der Waals surface area contributed by atoms with Gasteiger partial charge in [0.05, 0.1) is 33.4 Å². The van der Waals surface area contributed by atoms with E-state index in [1.165, 1.54) is 45.6 Å². The van der Waals surface area contributed by atoms with Crippen LogP contribution in [-0.4, -0.2) is 33.7 Å². The number of ether oxygens (including phenoxy) is 4. The second-order valence-electron chi connectivity index (χ2n) is 5.41. The summed E-state index contributed by atoms with van der Waals surface area (Å²) in [6, 6.07) is 8.49. The number of nitrogens with two attached hydrogens (primary N) is 1. The number of aliphatic imine (C=N–C) groups is 1. The number of methoxy groups -OCH3 is 3. The molecule has 7 nitrogen and oxygen atoms in total. The lowest BCUT2D eigenvalue weighted by molar-refractivity contribution is -0.274. The summed E-state index contributed by atoms with van der Waals surface area (Å²) in [4.78, 5) is 4.22. The van der Waals surface area contributed by atoms with E-state index in [1.807, 2.05) is 0 Å². The first-order chi connectivity index (χ1) is 13.3. The van der Waals surface area contributed by atoms with Gasteiger partial charge in [0, 0.05) is 17.8 Å². The predicted octanol–water partition coefficient (Wildman–Crippen LogP) is 3.54. The molecule has 2 aromatic rings. The van der Waals surface area contributed by atoms with Gasteiger partial charge < -0.3 is 30.0 Å². The first kappa shape index (κ1) is 21.0. The number of alkyl halides is 3. The molecular weight excluding hydrogens is 379 g/mol. The average Bonchev–Trinajstić information content (AvgIpc) is 2.66. The quantitative estimate of drug-likeness (QED) is 0.547. The number of rotatable bonds is 7. The molecule has 0 bridgehead atoms. The van der Waals surface area contributed by atoms with Crippen molar-refractivity contribution in [2.24, 2.45) is 10.7 Å². The third kappa shape index (κ3) is 5.86. The number of guanidine groups is 1. The monoisotopic (exact) mass is 399 g/mol. The van der Waals surface area contributed by atoms with Gasteiger partial charge in [-0.25, -0.2) is 4.99 Å². The van der Waals surface area contributed by atoms with E-state index in [0.29, 0.717) is 28.5 Å². The standard InChI is InChI=1S/C18H20F3N3O4/c1-25-13-8-15(26-2)14(16(9-13)27-3)10-23-17(22)24-11-4-6-12(7-5-11)28-18(19,20)21/h4-9H,10H2,1-3H3,(H3,22,23,24). The lowest BCUT2D eigenvalue weighted by Crippen LogP contribution is -2.22. The first-order valence-corrected chi connectivity index (χ1v) is 7.97. The molecule has 0 atom stereocenters. The van der Waals surface area contributed by atoms with Crippen molar-refractivity contribution >= 4 is 11.6 Å². The minimum Gasteiger partial charge on any atom is -0.496 e. The van der Waals surface area contributed by atoms with Crippen LogP contribution in [0, 0.1) is 0 Å². The smallest absolute Gasteiger partial charge is 0.496 e. The SMILES string of the molecule is COc1cc(OC)c(CN=C(N)Nc2ccc(OC(F)(F)F)cc2)c(OC)c1. The van der Waals surface area contributed by atoms with Gasteiger partial charge in [0.15, 0.2) is 5.96 Å². The summed E-state index contributed by atoms with van der Waals surface area (Å²) in [6.07, 6.45) is -4.74. The molecule has 0 fully saturated rings. The fourth-order valence-electron chi connectivity index (χ4n) is 2.33. The number of nitrogens with one attached hydrogen (secondary N) is 1. The second-order valence-corrected chi connectivity index (χ2v) is 5.41. The summed E-state index contributed by atoms with van der Waals surface area (Å²) in [6.45, 7) is 0.143. The highest BCUT2D eigenvalue weighted by Gasteiger charge is 2.30. The summed E-state index contributed by atoms with van der Waals surface area (Å²) in [5.41, 5.74) is 6.96. The normalized spacial score (nSPS) is 11.7. The van der Waals surface area contributed by atoms with Crippen molar-refractivity contribution in [2.75, 3.05) is 26.6 Å². The summed E-state index contributed by atoms with van der Waals surface area (Å²) < 4.78 is 56.2. The highest BCUT2D eigenvalue weighted by atomic mass is 19.4. The van der Waals surface area contributed by atoms with E-state index in [2.05, 4.69) is 15.0 Å². The first-order valence-electron chi connectivity index (χ1n) is 7.97. The lowest BCUT2D eigenvalue weighted by Gasteiger charge is -2.14. The van der Waals surface area contributed by atoms with Crippen molar-refractivity contribution in [1.82, 2.24) is 0 Å². The zero-order valence-corrected chi connectivity index (χ0v) is 15.5. The molecule has 2 aromatic carbocycles. The second kappa shape index (κ2) is 9.07. The van der Waals surface area contributed by atoms with Crippen molar-refractivity contribution < 1.29 is 32.1 Å². The Balaban J connectivity index is 2.10. The van der Waals surface area contributed by atoms with E-state index in [1.54, 1.807) is 12.1 Å². The van der Waals surface area contributed by atoms with E-state index >= 15 is 0 Å². The topological polar surface area (TPSA) is 87.3 Å². The Labute approximate surface area is 159 Å². The zero-order valence-electron chi connectivity index (χ0n) is 15.5. The Morgan fingerprint density at radius 3 is 2.00 bits per heavy atom. The molecule has 0 aliphatic heterocycles. The van der Waals surface area contributed by atoms with Crippen molar-refractivity contribution in [3.63, 3.8) is 0 Å². The molecule has 0 radical (unpaired) electrons. The Hall–Kier alpha value is -3.30. The van der Waals surface area contributed by atoms with Crippen LogP contribution in [0.1, 0.15) is 5.56 Å². The number of hydrogen-bond acceptors (Lipinski definition) is 5. The minimum atomic E-state index is -4.74. The van der Waals surface area contributed by atoms with Crippen molar-refractivity contribution in [3.05, 3.63) is 42.0 Å². The molecular formula is C18H20F3N3O4. The number of hydrogen-bond donors (Lipinski definition) is 2. The largest absolute Gasteiger partial charge is 0.573 e. The van der Waals surface area contributed by atoms with Crippen LogP contribution in [0.25, 0.3) is 0 Å². The van der Waals surface area contributed by atoms with Crippen molar-refractivity contribution in [1.29, 1.82) is 0 Å². The maximum absolute atomic E-state index is 12.2. The van der Waals surface area contributed by atoms with Crippen molar-refractivity contribution in [3.8, 4) is 23.0 Å². The van der Waals surface area contributed by atoms with E-state index in [9.17, 15) is 13.2 Å². The minimum absolute atomic E-state index is 0.0596. The van der Waals surface area contributed by atoms with Crippen LogP contribution in [0.4, 0.5) is 18.9 Å². The van der Waals surface area contributed by atoms with Crippen LogP contribution in [0.15, 0.2) is 41.4 Å². The molecule has 152 valence electrons. The lowest BCUT2D eigenvalue weighted by atomic mass is 10.1. The fourth-order valence-corrected chi connectivity index (χ4v) is 2.33. The predicted molar refractivity (Wildman–Crippen MR) is 98.2 cm³/mol. The van der Waals surface area contributed by atoms with Crippen LogP contribution in [0.3, 0.4) is 0 Å². The summed E-state index contributed by atoms with van der Waals surface area (Å²) in [5.74, 6) is 1.32. The third-order valence-corrected chi connectivity index (χ3v) is 3.58. The molecule has 0 aromatic heterocycles. The molecule has 0 unspecified atom stereocenters. The molecule has 0 saturated carbocycles. The highest BCUT2D eigenvalue weighted by Crippen LogP contribution is 2.34. The van der Waals surface area contributed by atoms with Gasteiger partial charge in [-0.2, -0.15) is 0 Å². The zero-order chi connectivity index (χ0) is 20.7. The number of anilines is 1. The van der Waals surface area contributed by atoms with Crippen LogP contribution in [0.2, 0.25) is 0 Å². The number of halogens is 3. The average molecular weight is 399 g/mol. The van der Waals surface area contributed by atoms with Crippen molar-refractivity contribution in [2.45, 2.75) is 12.9 Å². The Bertz CT molecular complexity index is 799. The van der Waals surface area contributed by atoms with Gasteiger partial charge in [0.2, 0.25) is 0 Å². The molecule has 0 spiro atoms. The van der Waals surface area contributed by atoms with Gasteiger partial charge in [-0.15, -0.1) is 13.2 Å². The molecule has 0 aliphatic rings. The van der Waals surface area contributed by atoms with Crippen LogP contribution in [-0.2, 0) is 6.54 Å². The van der Waals surface area contributed by atoms with Gasteiger partial charge in [-0.05, 0) is 24.3 Å². The Morgan fingerprint density at radius 2 is 1.54 bits per heavy atom. The van der Waals surface area contributed by atoms with Gasteiger partial charge in [-0.3, -0.25) is 0 Å². The number of benzene rings is 2. The van der Waals surface area contributed by atoms with Gasteiger partial charge in [0.1, 0.15) is 23.0 Å². The third-order valence-electron chi connectivity index (χ3n) is 3.58. The molecule has 0 saturated heterocycles. The summed E-state index contributed by atoms with van der Waals surface area (Å²) >= 11 is 0. The highest BCUT2D eigenvalue weighted by molar-refractivity contribution is 5.92. The maximum Gasteiger partial charge on any atom is 0.573 e. The molecule has 0 aliphatic carbocycles. The molecule has 0 amide bonds. The fraction of sp³-hybridized carbons (Fsp3) is 0.278. The van der Waals surface area contributed by atoms with Crippen LogP contribution < -0.4 is 30.0 Å². The Morgan fingerprint density at radius 1 is 0.964 bits per heavy atom. The van der Waals surface area contributed by atoms with Gasteiger partial charge in [0.25, 0.3) is 0 Å². The number of nitrogens with zero attached hydrogens (tertiary/aromatic N) is 1. The van der Waals surface area contributed by atoms with Crippen LogP contribution in [0.5, 0.6) is 23.0 Å². The van der Waals surface area contributed by atoms with E-state index in [4.69, 9.17) is 19.9 Å². The molecule has 2 rings (SSSR count). The van der Waals surface area contributed by atoms with Crippen LogP contribution >= 0.6 is 0 Å². The van der Waals surface area contributed by atoms with Gasteiger partial charge in [-0.1, -0.05) is 0 Å². The maximum atomic E-state index is 12.2. The van der Waals surface area contributed by atoms with E-state index < -0.39 is 6.36 Å². The molecule has 10 heteroatoms. The summed E-state index contributed by atoms with van der Waals surface area (Å²) in [5, 5.41) is 2.78. The molecule has 0 heterocycles. The van der Waals surface area contributed by atoms with E-state index in [-0.39, 0.29) is 18.3 Å². The Kier molecular flexibility index (Phi) is 6.80. The summed E-state index contributed by atoms with van der Waals surface area (Å²) in [7, 11) is 4.54. The molecule has 3 N–H and O–H groups in total. The molecule has 28 heavy (non-hydrogen) atoms. The van der Waals surface area contributed by atoms with Gasteiger partial charge >= 0.3 is 6.36 Å².